The van der Waals surface area contributed by atoms with Crippen LogP contribution in [0.25, 0.3) is 10.9 Å². The zero-order valence-electron chi connectivity index (χ0n) is 13.7. The second-order valence-electron chi connectivity index (χ2n) is 5.97. The maximum atomic E-state index is 12.5. The van der Waals surface area contributed by atoms with Crippen molar-refractivity contribution in [1.82, 2.24) is 14.9 Å². The first-order chi connectivity index (χ1) is 11.5. The Balaban J connectivity index is 0.00000169. The normalized spacial score (nSPS) is 19.5. The van der Waals surface area contributed by atoms with E-state index in [2.05, 4.69) is 26.2 Å². The maximum absolute atomic E-state index is 12.5. The van der Waals surface area contributed by atoms with Gasteiger partial charge >= 0.3 is 0 Å². The first kappa shape index (κ1) is 23.5. The maximum Gasteiger partial charge on any atom is 0.261 e. The number of fused-ring (bicyclic) bond motifs is 1. The van der Waals surface area contributed by atoms with Crippen LogP contribution in [0.15, 0.2) is 27.7 Å². The summed E-state index contributed by atoms with van der Waals surface area (Å²) in [5.41, 5.74) is 0.212. The predicted molar refractivity (Wildman–Crippen MR) is 113 cm³/mol. The minimum atomic E-state index is -0.523. The summed E-state index contributed by atoms with van der Waals surface area (Å²) in [4.78, 5) is 29.0. The molecular weight excluding hydrogens is 513 g/mol. The fraction of sp³-hybridized carbons (Fsp3) is 0.438. The highest BCUT2D eigenvalue weighted by atomic mass is 79.9. The number of piperidine rings is 1. The molecule has 2 heterocycles. The molecule has 144 valence electrons. The number of hydrogen-bond acceptors (Lipinski definition) is 5. The number of aliphatic hydroxyl groups is 1. The van der Waals surface area contributed by atoms with Crippen molar-refractivity contribution in [2.24, 2.45) is 0 Å². The number of aliphatic hydroxyl groups excluding tert-OH is 1. The van der Waals surface area contributed by atoms with Crippen LogP contribution in [0, 0.1) is 0 Å². The molecule has 1 aromatic carbocycles. The Morgan fingerprint density at radius 2 is 2.19 bits per heavy atom. The summed E-state index contributed by atoms with van der Waals surface area (Å²) < 4.78 is 1.94. The van der Waals surface area contributed by atoms with Crippen molar-refractivity contribution < 1.29 is 9.90 Å². The molecule has 3 rings (SSSR count). The Kier molecular flexibility index (Phi) is 9.18. The molecule has 1 aliphatic rings. The zero-order valence-corrected chi connectivity index (χ0v) is 18.5. The van der Waals surface area contributed by atoms with Crippen LogP contribution in [-0.4, -0.2) is 39.1 Å². The second kappa shape index (κ2) is 10.1. The van der Waals surface area contributed by atoms with E-state index < -0.39 is 6.10 Å². The number of benzene rings is 1. The summed E-state index contributed by atoms with van der Waals surface area (Å²) in [6, 6.07) is 2.97. The third-order valence-electron chi connectivity index (χ3n) is 4.21. The quantitative estimate of drug-likeness (QED) is 0.634. The van der Waals surface area contributed by atoms with Crippen molar-refractivity contribution in [2.45, 2.75) is 38.0 Å². The smallest absolute Gasteiger partial charge is 0.261 e. The highest BCUT2D eigenvalue weighted by Gasteiger charge is 2.25. The van der Waals surface area contributed by atoms with E-state index in [1.807, 2.05) is 0 Å². The molecule has 1 aromatic heterocycles. The summed E-state index contributed by atoms with van der Waals surface area (Å²) in [5, 5.41) is 13.9. The van der Waals surface area contributed by atoms with Crippen LogP contribution < -0.4 is 10.9 Å². The van der Waals surface area contributed by atoms with Gasteiger partial charge in [-0.2, -0.15) is 0 Å². The largest absolute Gasteiger partial charge is 0.391 e. The molecule has 0 aliphatic carbocycles. The Morgan fingerprint density at radius 1 is 1.46 bits per heavy atom. The summed E-state index contributed by atoms with van der Waals surface area (Å²) in [7, 11) is 0. The minimum absolute atomic E-state index is 0. The van der Waals surface area contributed by atoms with Gasteiger partial charge in [-0.1, -0.05) is 11.6 Å². The summed E-state index contributed by atoms with van der Waals surface area (Å²) in [5.74, 6) is -0.125. The number of rotatable bonds is 4. The standard InChI is InChI=1S/C16H17BrClN3O3.BrH.ClH/c17-11-6-13-10(5-12(11)18)16(24)21(8-20-13)7-9(22)4-14-15(23)2-1-3-19-14;;/h5-6,8,14-15,19,23H,1-4,7H2;2*1H. The molecule has 2 aromatic rings. The summed E-state index contributed by atoms with van der Waals surface area (Å²) in [6.07, 6.45) is 2.62. The number of hydrogen-bond donors (Lipinski definition) is 2. The van der Waals surface area contributed by atoms with Gasteiger partial charge in [0, 0.05) is 16.9 Å². The number of Topliss-reactive ketones (excluding diaryl/α,β-unsaturated/α-hetero) is 1. The number of carbonyl (C=O) groups is 1. The number of nitrogens with one attached hydrogen (secondary N) is 1. The molecule has 0 saturated carbocycles. The van der Waals surface area contributed by atoms with Crippen LogP contribution in [0.2, 0.25) is 5.02 Å². The van der Waals surface area contributed by atoms with E-state index in [1.54, 1.807) is 12.1 Å². The molecule has 2 atom stereocenters. The van der Waals surface area contributed by atoms with Gasteiger partial charge in [-0.3, -0.25) is 14.2 Å². The van der Waals surface area contributed by atoms with Crippen molar-refractivity contribution in [3.05, 3.63) is 38.3 Å². The lowest BCUT2D eigenvalue weighted by molar-refractivity contribution is -0.121. The van der Waals surface area contributed by atoms with Crippen molar-refractivity contribution >= 4 is 73.6 Å². The lowest BCUT2D eigenvalue weighted by atomic mass is 9.97. The van der Waals surface area contributed by atoms with E-state index in [0.717, 1.165) is 13.0 Å². The summed E-state index contributed by atoms with van der Waals surface area (Å²) >= 11 is 9.33. The van der Waals surface area contributed by atoms with Gasteiger partial charge in [-0.25, -0.2) is 4.98 Å². The third-order valence-corrected chi connectivity index (χ3v) is 5.41. The number of aromatic nitrogens is 2. The number of carbonyl (C=O) groups excluding carboxylic acids is 1. The Morgan fingerprint density at radius 3 is 2.88 bits per heavy atom. The van der Waals surface area contributed by atoms with Gasteiger partial charge in [0.25, 0.3) is 5.56 Å². The van der Waals surface area contributed by atoms with Crippen molar-refractivity contribution in [2.75, 3.05) is 6.54 Å². The van der Waals surface area contributed by atoms with E-state index in [9.17, 15) is 14.7 Å². The Hall–Kier alpha value is -0.510. The van der Waals surface area contributed by atoms with E-state index in [1.165, 1.54) is 10.9 Å². The fourth-order valence-corrected chi connectivity index (χ4v) is 3.40. The highest BCUT2D eigenvalue weighted by Crippen LogP contribution is 2.25. The van der Waals surface area contributed by atoms with Crippen molar-refractivity contribution in [3.8, 4) is 0 Å². The van der Waals surface area contributed by atoms with Gasteiger partial charge in [0.2, 0.25) is 0 Å². The average Bonchev–Trinajstić information content (AvgIpc) is 2.54. The van der Waals surface area contributed by atoms with Crippen LogP contribution in [0.3, 0.4) is 0 Å². The van der Waals surface area contributed by atoms with Crippen LogP contribution in [-0.2, 0) is 11.3 Å². The topological polar surface area (TPSA) is 84.2 Å². The average molecular weight is 532 g/mol. The molecular formula is C16H19Br2Cl2N3O3. The third kappa shape index (κ3) is 5.27. The van der Waals surface area contributed by atoms with Crippen molar-refractivity contribution in [3.63, 3.8) is 0 Å². The van der Waals surface area contributed by atoms with Crippen LogP contribution >= 0.6 is 56.9 Å². The molecule has 1 aliphatic heterocycles. The monoisotopic (exact) mass is 529 g/mol. The highest BCUT2D eigenvalue weighted by molar-refractivity contribution is 9.10. The van der Waals surface area contributed by atoms with Gasteiger partial charge in [-0.05, 0) is 47.4 Å². The molecule has 26 heavy (non-hydrogen) atoms. The molecule has 2 N–H and O–H groups in total. The molecule has 0 amide bonds. The van der Waals surface area contributed by atoms with Crippen molar-refractivity contribution in [1.29, 1.82) is 0 Å². The number of halogens is 4. The molecule has 2 unspecified atom stereocenters. The van der Waals surface area contributed by atoms with E-state index in [4.69, 9.17) is 11.6 Å². The van der Waals surface area contributed by atoms with Gasteiger partial charge in [0.15, 0.2) is 5.78 Å². The van der Waals surface area contributed by atoms with E-state index >= 15 is 0 Å². The van der Waals surface area contributed by atoms with E-state index in [-0.39, 0.29) is 59.7 Å². The van der Waals surface area contributed by atoms with Crippen LogP contribution in [0.1, 0.15) is 19.3 Å². The Labute approximate surface area is 180 Å². The zero-order chi connectivity index (χ0) is 17.3. The van der Waals surface area contributed by atoms with Gasteiger partial charge in [-0.15, -0.1) is 29.4 Å². The molecule has 0 bridgehead atoms. The fourth-order valence-electron chi connectivity index (χ4n) is 2.91. The molecule has 1 saturated heterocycles. The minimum Gasteiger partial charge on any atom is -0.391 e. The Bertz CT molecular complexity index is 847. The van der Waals surface area contributed by atoms with Gasteiger partial charge in [0.05, 0.1) is 34.9 Å². The molecule has 10 heteroatoms. The van der Waals surface area contributed by atoms with Gasteiger partial charge < -0.3 is 10.4 Å². The lowest BCUT2D eigenvalue weighted by Crippen LogP contribution is -2.46. The SMILES string of the molecule is Br.Cl.O=C(CC1NCCCC1O)Cn1cnc2cc(Br)c(Cl)cc2c1=O. The first-order valence-electron chi connectivity index (χ1n) is 7.73. The molecule has 1 fully saturated rings. The van der Waals surface area contributed by atoms with Gasteiger partial charge in [0.1, 0.15) is 0 Å². The molecule has 0 radical (unpaired) electrons. The van der Waals surface area contributed by atoms with E-state index in [0.29, 0.717) is 26.8 Å². The second-order valence-corrected chi connectivity index (χ2v) is 7.24. The summed E-state index contributed by atoms with van der Waals surface area (Å²) in [6.45, 7) is 0.722. The molecule has 6 nitrogen and oxygen atoms in total. The lowest BCUT2D eigenvalue weighted by Gasteiger charge is -2.28. The number of ketones is 1. The van der Waals surface area contributed by atoms with Crippen LogP contribution in [0.4, 0.5) is 0 Å². The first-order valence-corrected chi connectivity index (χ1v) is 8.90. The van der Waals surface area contributed by atoms with Crippen LogP contribution in [0.5, 0.6) is 0 Å². The predicted octanol–water partition coefficient (Wildman–Crippen LogP) is 2.88. The molecule has 0 spiro atoms. The number of nitrogens with zero attached hydrogens (tertiary/aromatic N) is 2.